The first kappa shape index (κ1) is 22.1. The summed E-state index contributed by atoms with van der Waals surface area (Å²) in [6.07, 6.45) is 9.42. The molecule has 2 aliphatic heterocycles. The van der Waals surface area contributed by atoms with Crippen molar-refractivity contribution in [3.8, 4) is 11.5 Å². The maximum atomic E-state index is 13.0. The number of carbonyl (C=O) groups is 1. The van der Waals surface area contributed by atoms with E-state index in [0.717, 1.165) is 25.9 Å². The van der Waals surface area contributed by atoms with Crippen molar-refractivity contribution in [2.24, 2.45) is 0 Å². The first-order valence-electron chi connectivity index (χ1n) is 11.1. The number of hydrogen-bond donors (Lipinski definition) is 2. The number of ether oxygens (including phenoxy) is 2. The molecule has 2 N–H and O–H groups in total. The highest BCUT2D eigenvalue weighted by Gasteiger charge is 2.29. The molecule has 0 aromatic heterocycles. The normalized spacial score (nSPS) is 21.6. The van der Waals surface area contributed by atoms with E-state index in [1.54, 1.807) is 0 Å². The number of benzene rings is 1. The third kappa shape index (κ3) is 5.05. The molecule has 170 valence electrons. The number of hydrogen-bond acceptors (Lipinski definition) is 6. The van der Waals surface area contributed by atoms with Crippen LogP contribution in [0.15, 0.2) is 28.7 Å². The molecule has 1 fully saturated rings. The summed E-state index contributed by atoms with van der Waals surface area (Å²) in [7, 11) is -2.39. The lowest BCUT2D eigenvalue weighted by Gasteiger charge is -2.27. The Morgan fingerprint density at radius 2 is 2.03 bits per heavy atom. The molecule has 1 amide bonds. The van der Waals surface area contributed by atoms with E-state index < -0.39 is 10.0 Å². The van der Waals surface area contributed by atoms with Crippen LogP contribution in [-0.4, -0.2) is 65.2 Å². The van der Waals surface area contributed by atoms with Gasteiger partial charge in [-0.1, -0.05) is 11.6 Å². The average molecular weight is 450 g/mol. The van der Waals surface area contributed by atoms with Gasteiger partial charge in [-0.3, -0.25) is 9.69 Å². The Bertz CT molecular complexity index is 960. The van der Waals surface area contributed by atoms with Crippen LogP contribution in [0.5, 0.6) is 11.5 Å². The topological polar surface area (TPSA) is 97.0 Å². The molecule has 3 aliphatic rings. The lowest BCUT2D eigenvalue weighted by Crippen LogP contribution is -2.41. The molecule has 9 heteroatoms. The Morgan fingerprint density at radius 3 is 2.81 bits per heavy atom. The largest absolute Gasteiger partial charge is 0.486 e. The monoisotopic (exact) mass is 449 g/mol. The number of likely N-dealkylation sites (tertiary alicyclic amines) is 1. The first-order chi connectivity index (χ1) is 15.0. The minimum absolute atomic E-state index is 0.0175. The Kier molecular flexibility index (Phi) is 6.83. The van der Waals surface area contributed by atoms with E-state index in [-0.39, 0.29) is 28.2 Å². The van der Waals surface area contributed by atoms with Gasteiger partial charge in [-0.2, -0.15) is 0 Å². The molecule has 1 atom stereocenters. The maximum Gasteiger partial charge on any atom is 0.255 e. The molecule has 0 spiro atoms. The van der Waals surface area contributed by atoms with Crippen LogP contribution in [0.2, 0.25) is 0 Å². The molecular formula is C22H31N3O5S. The number of amides is 1. The molecule has 0 saturated carbocycles. The van der Waals surface area contributed by atoms with Crippen molar-refractivity contribution in [3.05, 3.63) is 29.3 Å². The van der Waals surface area contributed by atoms with E-state index in [2.05, 4.69) is 21.0 Å². The molecule has 1 aromatic rings. The summed E-state index contributed by atoms with van der Waals surface area (Å²) in [5.41, 5.74) is 1.69. The van der Waals surface area contributed by atoms with E-state index in [4.69, 9.17) is 9.47 Å². The molecule has 0 bridgehead atoms. The van der Waals surface area contributed by atoms with Crippen LogP contribution in [0.3, 0.4) is 0 Å². The fraction of sp³-hybridized carbons (Fsp3) is 0.591. The Hall–Kier alpha value is -2.10. The van der Waals surface area contributed by atoms with Gasteiger partial charge in [0, 0.05) is 25.2 Å². The van der Waals surface area contributed by atoms with Crippen LogP contribution in [-0.2, 0) is 10.0 Å². The molecular weight excluding hydrogens is 418 g/mol. The van der Waals surface area contributed by atoms with Crippen molar-refractivity contribution in [1.82, 2.24) is 14.9 Å². The predicted octanol–water partition coefficient (Wildman–Crippen LogP) is 2.06. The van der Waals surface area contributed by atoms with Gasteiger partial charge in [0.1, 0.15) is 13.2 Å². The van der Waals surface area contributed by atoms with Crippen molar-refractivity contribution in [3.63, 3.8) is 0 Å². The van der Waals surface area contributed by atoms with Crippen LogP contribution < -0.4 is 19.5 Å². The van der Waals surface area contributed by atoms with Gasteiger partial charge >= 0.3 is 0 Å². The molecule has 8 nitrogen and oxygen atoms in total. The number of nitrogens with one attached hydrogen (secondary N) is 2. The highest BCUT2D eigenvalue weighted by molar-refractivity contribution is 7.89. The van der Waals surface area contributed by atoms with Crippen LogP contribution in [0.25, 0.3) is 0 Å². The van der Waals surface area contributed by atoms with Crippen LogP contribution in [0.4, 0.5) is 0 Å². The smallest absolute Gasteiger partial charge is 0.255 e. The average Bonchev–Trinajstić information content (AvgIpc) is 3.24. The summed E-state index contributed by atoms with van der Waals surface area (Å²) >= 11 is 0. The zero-order valence-corrected chi connectivity index (χ0v) is 18.8. The third-order valence-corrected chi connectivity index (χ3v) is 7.62. The molecule has 31 heavy (non-hydrogen) atoms. The summed E-state index contributed by atoms with van der Waals surface area (Å²) in [6, 6.07) is 3.03. The molecule has 1 saturated heterocycles. The van der Waals surface area contributed by atoms with E-state index >= 15 is 0 Å². The summed E-state index contributed by atoms with van der Waals surface area (Å²) in [6.45, 7) is 3.16. The minimum atomic E-state index is -3.72. The van der Waals surface area contributed by atoms with Gasteiger partial charge in [-0.15, -0.1) is 0 Å². The molecule has 1 aromatic carbocycles. The summed E-state index contributed by atoms with van der Waals surface area (Å²) in [4.78, 5) is 15.5. The van der Waals surface area contributed by atoms with Crippen molar-refractivity contribution >= 4 is 15.9 Å². The van der Waals surface area contributed by atoms with E-state index in [1.165, 1.54) is 50.4 Å². The number of rotatable bonds is 7. The van der Waals surface area contributed by atoms with Gasteiger partial charge in [0.25, 0.3) is 5.91 Å². The SMILES string of the molecule is CNS(=O)(=O)c1cc2c(c(C(=O)NCC3CCCN3CC3=CCCCC3)c1)OCCO2. The van der Waals surface area contributed by atoms with E-state index in [0.29, 0.717) is 25.5 Å². The molecule has 1 aliphatic carbocycles. The number of sulfonamides is 1. The van der Waals surface area contributed by atoms with Crippen molar-refractivity contribution in [2.45, 2.75) is 49.5 Å². The molecule has 0 radical (unpaired) electrons. The fourth-order valence-electron chi connectivity index (χ4n) is 4.52. The second kappa shape index (κ2) is 9.58. The van der Waals surface area contributed by atoms with Crippen LogP contribution in [0, 0.1) is 0 Å². The standard InChI is InChI=1S/C22H31N3O5S/c1-23-31(27,28)18-12-19(21-20(13-18)29-10-11-30-21)22(26)24-14-17-8-5-9-25(17)15-16-6-3-2-4-7-16/h6,12-13,17,23H,2-5,7-11,14-15H2,1H3,(H,24,26). The van der Waals surface area contributed by atoms with Crippen LogP contribution in [0.1, 0.15) is 48.9 Å². The summed E-state index contributed by atoms with van der Waals surface area (Å²) in [5.74, 6) is 0.229. The fourth-order valence-corrected chi connectivity index (χ4v) is 5.29. The molecule has 1 unspecified atom stereocenters. The third-order valence-electron chi connectivity index (χ3n) is 6.23. The molecule has 4 rings (SSSR count). The Balaban J connectivity index is 1.48. The first-order valence-corrected chi connectivity index (χ1v) is 12.5. The molecule has 2 heterocycles. The lowest BCUT2D eigenvalue weighted by atomic mass is 9.99. The zero-order chi connectivity index (χ0) is 21.8. The van der Waals surface area contributed by atoms with E-state index in [9.17, 15) is 13.2 Å². The van der Waals surface area contributed by atoms with Gasteiger partial charge in [0.15, 0.2) is 11.5 Å². The van der Waals surface area contributed by atoms with E-state index in [1.807, 2.05) is 0 Å². The van der Waals surface area contributed by atoms with Crippen molar-refractivity contribution in [1.29, 1.82) is 0 Å². The quantitative estimate of drug-likeness (QED) is 0.619. The van der Waals surface area contributed by atoms with Gasteiger partial charge in [-0.25, -0.2) is 13.1 Å². The number of nitrogens with zero attached hydrogens (tertiary/aromatic N) is 1. The minimum Gasteiger partial charge on any atom is -0.486 e. The van der Waals surface area contributed by atoms with Crippen LogP contribution >= 0.6 is 0 Å². The predicted molar refractivity (Wildman–Crippen MR) is 117 cm³/mol. The lowest BCUT2D eigenvalue weighted by molar-refractivity contribution is 0.0930. The highest BCUT2D eigenvalue weighted by atomic mass is 32.2. The Labute approximate surface area is 184 Å². The number of fused-ring (bicyclic) bond motifs is 1. The van der Waals surface area contributed by atoms with Gasteiger partial charge in [0.05, 0.1) is 10.5 Å². The van der Waals surface area contributed by atoms with Gasteiger partial charge < -0.3 is 14.8 Å². The van der Waals surface area contributed by atoms with Crippen molar-refractivity contribution < 1.29 is 22.7 Å². The zero-order valence-electron chi connectivity index (χ0n) is 18.0. The number of allylic oxidation sites excluding steroid dienone is 1. The van der Waals surface area contributed by atoms with Gasteiger partial charge in [-0.05, 0) is 58.2 Å². The summed E-state index contributed by atoms with van der Waals surface area (Å²) < 4.78 is 38.1. The maximum absolute atomic E-state index is 13.0. The highest BCUT2D eigenvalue weighted by Crippen LogP contribution is 2.36. The second-order valence-corrected chi connectivity index (χ2v) is 10.2. The van der Waals surface area contributed by atoms with Gasteiger partial charge in [0.2, 0.25) is 10.0 Å². The number of carbonyl (C=O) groups excluding carboxylic acids is 1. The second-order valence-electron chi connectivity index (χ2n) is 8.29. The van der Waals surface area contributed by atoms with Crippen molar-refractivity contribution in [2.75, 3.05) is 39.9 Å². The Morgan fingerprint density at radius 1 is 1.19 bits per heavy atom. The summed E-state index contributed by atoms with van der Waals surface area (Å²) in [5, 5.41) is 3.00.